The first-order chi connectivity index (χ1) is 14.9. The standard InChI is InChI=1S/C23H23N3O4S/c1-5-29-22(28)19-14(2)24-23-26(20(19)15-9-7-6-8-10-15)21(27)17(31-23)13-16-11-12-18(30-16)25(3)4/h6-13,20H,5H2,1-4H3/b17-13+/t20-/m0/s1. The lowest BCUT2D eigenvalue weighted by atomic mass is 9.96. The zero-order valence-electron chi connectivity index (χ0n) is 17.8. The molecule has 0 saturated carbocycles. The summed E-state index contributed by atoms with van der Waals surface area (Å²) in [5, 5.41) is 0. The minimum atomic E-state index is -0.604. The maximum Gasteiger partial charge on any atom is 0.338 e. The SMILES string of the molecule is CCOC(=O)C1=C(C)N=c2s/c(=C/c3ccc(N(C)C)o3)c(=O)n2[C@H]1c1ccccc1. The van der Waals surface area contributed by atoms with Crippen LogP contribution in [-0.2, 0) is 9.53 Å². The maximum absolute atomic E-state index is 13.4. The number of carbonyl (C=O) groups excluding carboxylic acids is 1. The van der Waals surface area contributed by atoms with Crippen LogP contribution in [0.4, 0.5) is 5.88 Å². The average molecular weight is 438 g/mol. The van der Waals surface area contributed by atoms with Gasteiger partial charge >= 0.3 is 5.97 Å². The van der Waals surface area contributed by atoms with Gasteiger partial charge in [0, 0.05) is 26.2 Å². The molecule has 0 amide bonds. The van der Waals surface area contributed by atoms with Gasteiger partial charge in [-0.1, -0.05) is 41.7 Å². The number of ether oxygens (including phenoxy) is 1. The summed E-state index contributed by atoms with van der Waals surface area (Å²) in [7, 11) is 3.77. The highest BCUT2D eigenvalue weighted by molar-refractivity contribution is 7.07. The van der Waals surface area contributed by atoms with Crippen LogP contribution in [0.25, 0.3) is 6.08 Å². The number of esters is 1. The third-order valence-corrected chi connectivity index (χ3v) is 5.94. The van der Waals surface area contributed by atoms with Gasteiger partial charge in [-0.15, -0.1) is 0 Å². The molecule has 3 heterocycles. The molecule has 0 spiro atoms. The normalized spacial score (nSPS) is 16.1. The zero-order chi connectivity index (χ0) is 22.1. The van der Waals surface area contributed by atoms with Gasteiger partial charge in [0.25, 0.3) is 5.56 Å². The Morgan fingerprint density at radius 1 is 1.26 bits per heavy atom. The van der Waals surface area contributed by atoms with Gasteiger partial charge in [-0.25, -0.2) is 9.79 Å². The fourth-order valence-corrected chi connectivity index (χ4v) is 4.56. The molecular weight excluding hydrogens is 414 g/mol. The number of carbonyl (C=O) groups is 1. The van der Waals surface area contributed by atoms with E-state index in [2.05, 4.69) is 4.99 Å². The third-order valence-electron chi connectivity index (χ3n) is 4.96. The number of benzene rings is 1. The molecule has 1 aromatic carbocycles. The van der Waals surface area contributed by atoms with Crippen molar-refractivity contribution in [1.82, 2.24) is 4.57 Å². The molecule has 1 aliphatic rings. The van der Waals surface area contributed by atoms with Crippen LogP contribution < -0.4 is 19.8 Å². The van der Waals surface area contributed by atoms with Crippen LogP contribution in [0.1, 0.15) is 31.2 Å². The van der Waals surface area contributed by atoms with Crippen LogP contribution in [-0.4, -0.2) is 31.2 Å². The number of hydrogen-bond donors (Lipinski definition) is 0. The molecule has 0 saturated heterocycles. The molecular formula is C23H23N3O4S. The highest BCUT2D eigenvalue weighted by atomic mass is 32.1. The molecule has 0 radical (unpaired) electrons. The number of allylic oxidation sites excluding steroid dienone is 1. The molecule has 3 aromatic rings. The minimum absolute atomic E-state index is 0.227. The van der Waals surface area contributed by atoms with Crippen molar-refractivity contribution >= 4 is 29.3 Å². The third kappa shape index (κ3) is 3.86. The molecule has 7 nitrogen and oxygen atoms in total. The summed E-state index contributed by atoms with van der Waals surface area (Å²) in [6.45, 7) is 3.77. The predicted molar refractivity (Wildman–Crippen MR) is 120 cm³/mol. The van der Waals surface area contributed by atoms with Crippen LogP contribution in [0.15, 0.2) is 67.9 Å². The smallest absolute Gasteiger partial charge is 0.338 e. The maximum atomic E-state index is 13.4. The first-order valence-corrected chi connectivity index (χ1v) is 10.7. The van der Waals surface area contributed by atoms with Crippen molar-refractivity contribution in [2.45, 2.75) is 19.9 Å². The monoisotopic (exact) mass is 437 g/mol. The van der Waals surface area contributed by atoms with Crippen molar-refractivity contribution in [2.75, 3.05) is 25.6 Å². The zero-order valence-corrected chi connectivity index (χ0v) is 18.6. The van der Waals surface area contributed by atoms with E-state index in [0.29, 0.717) is 32.2 Å². The van der Waals surface area contributed by atoms with E-state index >= 15 is 0 Å². The molecule has 0 aliphatic carbocycles. The van der Waals surface area contributed by atoms with Crippen LogP contribution in [0.2, 0.25) is 0 Å². The molecule has 1 atom stereocenters. The van der Waals surface area contributed by atoms with E-state index in [9.17, 15) is 9.59 Å². The minimum Gasteiger partial charge on any atom is -0.463 e. The summed E-state index contributed by atoms with van der Waals surface area (Å²) < 4.78 is 13.1. The highest BCUT2D eigenvalue weighted by Crippen LogP contribution is 2.30. The highest BCUT2D eigenvalue weighted by Gasteiger charge is 2.33. The van der Waals surface area contributed by atoms with Crippen molar-refractivity contribution < 1.29 is 13.9 Å². The molecule has 4 rings (SSSR count). The molecule has 160 valence electrons. The molecule has 0 unspecified atom stereocenters. The van der Waals surface area contributed by atoms with Crippen molar-refractivity contribution in [3.8, 4) is 0 Å². The van der Waals surface area contributed by atoms with Gasteiger partial charge in [-0.3, -0.25) is 9.36 Å². The second-order valence-electron chi connectivity index (χ2n) is 7.28. The fraction of sp³-hybridized carbons (Fsp3) is 0.261. The molecule has 2 aromatic heterocycles. The summed E-state index contributed by atoms with van der Waals surface area (Å²) in [4.78, 5) is 33.2. The number of fused-ring (bicyclic) bond motifs is 1. The van der Waals surface area contributed by atoms with Crippen molar-refractivity contribution in [2.24, 2.45) is 4.99 Å². The first-order valence-electron chi connectivity index (χ1n) is 9.92. The molecule has 1 aliphatic heterocycles. The van der Waals surface area contributed by atoms with Gasteiger partial charge in [0.15, 0.2) is 10.7 Å². The molecule has 0 fully saturated rings. The van der Waals surface area contributed by atoms with Gasteiger partial charge in [-0.05, 0) is 25.5 Å². The lowest BCUT2D eigenvalue weighted by Crippen LogP contribution is -2.39. The largest absolute Gasteiger partial charge is 0.463 e. The van der Waals surface area contributed by atoms with E-state index in [0.717, 1.165) is 5.56 Å². The molecule has 0 bridgehead atoms. The van der Waals surface area contributed by atoms with E-state index in [-0.39, 0.29) is 12.2 Å². The number of furan rings is 1. The lowest BCUT2D eigenvalue weighted by Gasteiger charge is -2.24. The topological polar surface area (TPSA) is 77.0 Å². The summed E-state index contributed by atoms with van der Waals surface area (Å²) >= 11 is 1.27. The van der Waals surface area contributed by atoms with Gasteiger partial charge in [-0.2, -0.15) is 0 Å². The lowest BCUT2D eigenvalue weighted by molar-refractivity contribution is -0.139. The Morgan fingerprint density at radius 2 is 2.00 bits per heavy atom. The Labute approximate surface area is 183 Å². The number of aromatic nitrogens is 1. The van der Waals surface area contributed by atoms with Crippen molar-refractivity contribution in [3.05, 3.63) is 84.7 Å². The number of rotatable bonds is 5. The van der Waals surface area contributed by atoms with E-state index in [1.807, 2.05) is 61.5 Å². The van der Waals surface area contributed by atoms with E-state index in [4.69, 9.17) is 9.15 Å². The van der Waals surface area contributed by atoms with Crippen LogP contribution >= 0.6 is 11.3 Å². The van der Waals surface area contributed by atoms with E-state index in [1.54, 1.807) is 24.5 Å². The molecule has 31 heavy (non-hydrogen) atoms. The summed E-state index contributed by atoms with van der Waals surface area (Å²) in [6.07, 6.45) is 1.71. The van der Waals surface area contributed by atoms with Crippen molar-refractivity contribution in [1.29, 1.82) is 0 Å². The second-order valence-corrected chi connectivity index (χ2v) is 8.29. The Kier molecular flexibility index (Phi) is 5.65. The number of hydrogen-bond acceptors (Lipinski definition) is 7. The Balaban J connectivity index is 1.91. The number of anilines is 1. The number of nitrogens with zero attached hydrogens (tertiary/aromatic N) is 3. The quantitative estimate of drug-likeness (QED) is 0.573. The van der Waals surface area contributed by atoms with Crippen LogP contribution in [0.5, 0.6) is 0 Å². The van der Waals surface area contributed by atoms with Crippen LogP contribution in [0, 0.1) is 0 Å². The molecule has 8 heteroatoms. The Hall–Kier alpha value is -3.39. The summed E-state index contributed by atoms with van der Waals surface area (Å²) in [6, 6.07) is 12.5. The summed E-state index contributed by atoms with van der Waals surface area (Å²) in [5.74, 6) is 0.807. The van der Waals surface area contributed by atoms with Gasteiger partial charge in [0.05, 0.1) is 28.5 Å². The first kappa shape index (κ1) is 20.9. The number of thiazole rings is 1. The van der Waals surface area contributed by atoms with Crippen molar-refractivity contribution in [3.63, 3.8) is 0 Å². The molecule has 0 N–H and O–H groups in total. The van der Waals surface area contributed by atoms with Gasteiger partial charge in [0.1, 0.15) is 5.76 Å². The fourth-order valence-electron chi connectivity index (χ4n) is 3.53. The van der Waals surface area contributed by atoms with Crippen LogP contribution in [0.3, 0.4) is 0 Å². The summed E-state index contributed by atoms with van der Waals surface area (Å²) in [5.41, 5.74) is 1.52. The average Bonchev–Trinajstić information content (AvgIpc) is 3.33. The van der Waals surface area contributed by atoms with E-state index in [1.165, 1.54) is 11.3 Å². The van der Waals surface area contributed by atoms with Gasteiger partial charge in [0.2, 0.25) is 0 Å². The Bertz CT molecular complexity index is 1330. The Morgan fingerprint density at radius 3 is 2.65 bits per heavy atom. The predicted octanol–water partition coefficient (Wildman–Crippen LogP) is 2.46. The van der Waals surface area contributed by atoms with Gasteiger partial charge < -0.3 is 14.1 Å². The second kappa shape index (κ2) is 8.39. The van der Waals surface area contributed by atoms with E-state index < -0.39 is 12.0 Å².